The van der Waals surface area contributed by atoms with Crippen LogP contribution in [-0.2, 0) is 16.0 Å². The molecular weight excluding hydrogens is 436 g/mol. The second-order valence-electron chi connectivity index (χ2n) is 8.31. The van der Waals surface area contributed by atoms with Gasteiger partial charge in [0.25, 0.3) is 5.91 Å². The fourth-order valence-corrected chi connectivity index (χ4v) is 4.60. The highest BCUT2D eigenvalue weighted by Gasteiger charge is 2.52. The molecule has 3 atom stereocenters. The van der Waals surface area contributed by atoms with Crippen molar-refractivity contribution in [2.75, 3.05) is 18.1 Å². The average Bonchev–Trinajstić information content (AvgIpc) is 2.97. The monoisotopic (exact) mass is 469 g/mol. The predicted octanol–water partition coefficient (Wildman–Crippen LogP) is 4.40. The van der Waals surface area contributed by atoms with Gasteiger partial charge < -0.3 is 15.1 Å². The lowest BCUT2D eigenvalue weighted by Gasteiger charge is -2.22. The van der Waals surface area contributed by atoms with Gasteiger partial charge in [0.05, 0.1) is 12.1 Å². The van der Waals surface area contributed by atoms with Gasteiger partial charge in [-0.25, -0.2) is 0 Å². The van der Waals surface area contributed by atoms with Gasteiger partial charge in [-0.2, -0.15) is 20.5 Å². The Morgan fingerprint density at radius 3 is 2.69 bits per heavy atom. The minimum Gasteiger partial charge on any atom is -0.481 e. The summed E-state index contributed by atoms with van der Waals surface area (Å²) in [6.45, 7) is 2.10. The van der Waals surface area contributed by atoms with Crippen LogP contribution >= 0.6 is 11.8 Å². The smallest absolute Gasteiger partial charge is 0.327 e. The van der Waals surface area contributed by atoms with Crippen LogP contribution in [0.3, 0.4) is 0 Å². The first-order valence-electron chi connectivity index (χ1n) is 11.1. The number of carbonyl (C=O) groups is 2. The number of likely N-dealkylation sites (tertiary alicyclic amines) is 1. The van der Waals surface area contributed by atoms with Gasteiger partial charge in [0.1, 0.15) is 0 Å². The Balaban J connectivity index is 1.81. The second-order valence-corrected chi connectivity index (χ2v) is 9.54. The van der Waals surface area contributed by atoms with Crippen LogP contribution in [0.2, 0.25) is 0 Å². The van der Waals surface area contributed by atoms with Gasteiger partial charge in [0.2, 0.25) is 0 Å². The van der Waals surface area contributed by atoms with E-state index in [2.05, 4.69) is 12.1 Å². The largest absolute Gasteiger partial charge is 0.481 e. The van der Waals surface area contributed by atoms with Crippen LogP contribution in [0.15, 0.2) is 42.5 Å². The SMILES string of the molecule is C[C@@H](CCCc1ccccc1)[C@H](O)C=C[C@H]1CC(F)(F)C(=O)N1CCSCCCC(=O)O. The van der Waals surface area contributed by atoms with E-state index < -0.39 is 36.4 Å². The summed E-state index contributed by atoms with van der Waals surface area (Å²) in [5, 5.41) is 19.1. The number of hydrogen-bond donors (Lipinski definition) is 2. The Morgan fingerprint density at radius 1 is 1.28 bits per heavy atom. The summed E-state index contributed by atoms with van der Waals surface area (Å²) < 4.78 is 28.0. The molecule has 2 rings (SSSR count). The maximum Gasteiger partial charge on any atom is 0.327 e. The lowest BCUT2D eigenvalue weighted by molar-refractivity contribution is -0.147. The molecule has 1 aromatic carbocycles. The Hall–Kier alpha value is -1.93. The van der Waals surface area contributed by atoms with Crippen LogP contribution < -0.4 is 0 Å². The van der Waals surface area contributed by atoms with Gasteiger partial charge in [-0.1, -0.05) is 49.4 Å². The van der Waals surface area contributed by atoms with Crippen LogP contribution in [0.5, 0.6) is 0 Å². The number of aliphatic hydroxyl groups is 1. The Kier molecular flexibility index (Phi) is 10.6. The molecule has 0 bridgehead atoms. The predicted molar refractivity (Wildman–Crippen MR) is 123 cm³/mol. The molecule has 0 aromatic heterocycles. The second kappa shape index (κ2) is 12.9. The number of alkyl halides is 2. The highest BCUT2D eigenvalue weighted by Crippen LogP contribution is 2.34. The fourth-order valence-electron chi connectivity index (χ4n) is 3.73. The minimum absolute atomic E-state index is 0.0224. The topological polar surface area (TPSA) is 77.8 Å². The van der Waals surface area contributed by atoms with Crippen LogP contribution in [0.25, 0.3) is 0 Å². The molecule has 1 aliphatic rings. The number of benzene rings is 1. The number of rotatable bonds is 14. The van der Waals surface area contributed by atoms with E-state index in [4.69, 9.17) is 5.11 Å². The summed E-state index contributed by atoms with van der Waals surface area (Å²) in [7, 11) is 0. The third-order valence-corrected chi connectivity index (χ3v) is 6.73. The van der Waals surface area contributed by atoms with E-state index in [1.807, 2.05) is 25.1 Å². The normalized spacial score (nSPS) is 20.1. The molecule has 32 heavy (non-hydrogen) atoms. The molecule has 0 aliphatic carbocycles. The summed E-state index contributed by atoms with van der Waals surface area (Å²) in [6.07, 6.45) is 4.94. The first kappa shape index (κ1) is 26.3. The molecule has 1 fully saturated rings. The number of hydrogen-bond acceptors (Lipinski definition) is 4. The molecule has 2 N–H and O–H groups in total. The summed E-state index contributed by atoms with van der Waals surface area (Å²) in [5.74, 6) is -4.39. The van der Waals surface area contributed by atoms with Crippen LogP contribution in [0.1, 0.15) is 44.6 Å². The van der Waals surface area contributed by atoms with Crippen molar-refractivity contribution in [3.8, 4) is 0 Å². The number of aryl methyl sites for hydroxylation is 1. The van der Waals surface area contributed by atoms with E-state index in [1.165, 1.54) is 28.3 Å². The van der Waals surface area contributed by atoms with Crippen molar-refractivity contribution in [2.24, 2.45) is 5.92 Å². The molecule has 178 valence electrons. The zero-order valence-electron chi connectivity index (χ0n) is 18.5. The van der Waals surface area contributed by atoms with E-state index >= 15 is 0 Å². The standard InChI is InChI=1S/C24H33F2NO4S/c1-18(7-5-10-19-8-3-2-4-9-19)21(28)13-12-20-17-24(25,26)23(31)27(20)14-16-32-15-6-11-22(29)30/h2-4,8-9,12-13,18,20-21,28H,5-7,10-11,14-17H2,1H3,(H,29,30)/t18-,20-,21+/m0/s1. The van der Waals surface area contributed by atoms with Gasteiger partial charge in [0, 0.05) is 25.1 Å². The number of carbonyl (C=O) groups excluding carboxylic acids is 1. The van der Waals surface area contributed by atoms with Crippen LogP contribution in [-0.4, -0.2) is 63.1 Å². The first-order chi connectivity index (χ1) is 15.2. The molecule has 1 aliphatic heterocycles. The van der Waals surface area contributed by atoms with Gasteiger partial charge in [-0.3, -0.25) is 9.59 Å². The molecular formula is C24H33F2NO4S. The lowest BCUT2D eigenvalue weighted by atomic mass is 9.95. The summed E-state index contributed by atoms with van der Waals surface area (Å²) in [4.78, 5) is 23.8. The van der Waals surface area contributed by atoms with Gasteiger partial charge >= 0.3 is 11.9 Å². The average molecular weight is 470 g/mol. The van der Waals surface area contributed by atoms with Crippen molar-refractivity contribution in [2.45, 2.75) is 63.5 Å². The van der Waals surface area contributed by atoms with E-state index in [0.29, 0.717) is 17.9 Å². The Morgan fingerprint density at radius 2 is 2.00 bits per heavy atom. The number of aliphatic carboxylic acids is 1. The number of aliphatic hydroxyl groups excluding tert-OH is 1. The van der Waals surface area contributed by atoms with Crippen molar-refractivity contribution in [3.63, 3.8) is 0 Å². The van der Waals surface area contributed by atoms with Crippen molar-refractivity contribution < 1.29 is 28.6 Å². The van der Waals surface area contributed by atoms with Crippen molar-refractivity contribution in [1.82, 2.24) is 4.90 Å². The number of carboxylic acids is 1. The molecule has 1 saturated heterocycles. The fraction of sp³-hybridized carbons (Fsp3) is 0.583. The number of amides is 1. The van der Waals surface area contributed by atoms with Crippen LogP contribution in [0.4, 0.5) is 8.78 Å². The Bertz CT molecular complexity index is 760. The number of thioether (sulfide) groups is 1. The zero-order valence-corrected chi connectivity index (χ0v) is 19.3. The number of halogens is 2. The summed E-state index contributed by atoms with van der Waals surface area (Å²) in [5.41, 5.74) is 1.24. The Labute approximate surface area is 192 Å². The van der Waals surface area contributed by atoms with Crippen LogP contribution in [0, 0.1) is 5.92 Å². The number of nitrogens with zero attached hydrogens (tertiary/aromatic N) is 1. The zero-order chi connectivity index (χ0) is 23.6. The maximum absolute atomic E-state index is 14.0. The van der Waals surface area contributed by atoms with Crippen molar-refractivity contribution in [1.29, 1.82) is 0 Å². The molecule has 1 heterocycles. The van der Waals surface area contributed by atoms with Gasteiger partial charge in [-0.15, -0.1) is 0 Å². The molecule has 0 saturated carbocycles. The van der Waals surface area contributed by atoms with E-state index in [1.54, 1.807) is 6.08 Å². The van der Waals surface area contributed by atoms with E-state index in [0.717, 1.165) is 19.3 Å². The van der Waals surface area contributed by atoms with Crippen molar-refractivity contribution in [3.05, 3.63) is 48.0 Å². The quantitative estimate of drug-likeness (QED) is 0.312. The highest BCUT2D eigenvalue weighted by atomic mass is 32.2. The summed E-state index contributed by atoms with van der Waals surface area (Å²) in [6, 6.07) is 9.35. The maximum atomic E-state index is 14.0. The molecule has 5 nitrogen and oxygen atoms in total. The van der Waals surface area contributed by atoms with Gasteiger partial charge in [0.15, 0.2) is 0 Å². The van der Waals surface area contributed by atoms with E-state index in [9.17, 15) is 23.5 Å². The third-order valence-electron chi connectivity index (χ3n) is 5.68. The number of carboxylic acid groups (broad SMARTS) is 1. The molecule has 0 radical (unpaired) electrons. The van der Waals surface area contributed by atoms with Gasteiger partial charge in [-0.05, 0) is 42.9 Å². The molecule has 0 unspecified atom stereocenters. The molecule has 1 aromatic rings. The van der Waals surface area contributed by atoms with Crippen molar-refractivity contribution >= 4 is 23.6 Å². The molecule has 0 spiro atoms. The molecule has 8 heteroatoms. The first-order valence-corrected chi connectivity index (χ1v) is 12.2. The highest BCUT2D eigenvalue weighted by molar-refractivity contribution is 7.99. The lowest BCUT2D eigenvalue weighted by Crippen LogP contribution is -2.37. The minimum atomic E-state index is -3.39. The third kappa shape index (κ3) is 8.54. The molecule has 1 amide bonds. The van der Waals surface area contributed by atoms with E-state index in [-0.39, 0.29) is 18.9 Å². The summed E-state index contributed by atoms with van der Waals surface area (Å²) >= 11 is 1.45.